The van der Waals surface area contributed by atoms with E-state index in [0.717, 1.165) is 101 Å². The highest BCUT2D eigenvalue weighted by Crippen LogP contribution is 2.64. The second kappa shape index (κ2) is 17.4. The molecular formula is C76H44N2O2. The Balaban J connectivity index is 0.779. The van der Waals surface area contributed by atoms with E-state index in [0.29, 0.717) is 11.1 Å². The van der Waals surface area contributed by atoms with E-state index in [-0.39, 0.29) is 0 Å². The van der Waals surface area contributed by atoms with Crippen molar-refractivity contribution in [2.75, 3.05) is 0 Å². The van der Waals surface area contributed by atoms with Gasteiger partial charge in [-0.2, -0.15) is 10.5 Å². The van der Waals surface area contributed by atoms with Crippen LogP contribution in [0.5, 0.6) is 23.0 Å². The van der Waals surface area contributed by atoms with Crippen molar-refractivity contribution in [2.24, 2.45) is 0 Å². The lowest BCUT2D eigenvalue weighted by molar-refractivity contribution is 0.436. The number of hydrogen-bond acceptors (Lipinski definition) is 4. The molecule has 4 nitrogen and oxygen atoms in total. The van der Waals surface area contributed by atoms with Crippen molar-refractivity contribution in [3.63, 3.8) is 0 Å². The van der Waals surface area contributed by atoms with E-state index < -0.39 is 10.8 Å². The number of ether oxygens (including phenoxy) is 2. The van der Waals surface area contributed by atoms with Gasteiger partial charge in [0.25, 0.3) is 0 Å². The Kier molecular flexibility index (Phi) is 9.86. The molecule has 12 aromatic carbocycles. The molecule has 0 N–H and O–H groups in total. The summed E-state index contributed by atoms with van der Waals surface area (Å²) in [6.45, 7) is 0. The van der Waals surface area contributed by atoms with Gasteiger partial charge >= 0.3 is 0 Å². The van der Waals surface area contributed by atoms with Crippen LogP contribution in [0, 0.1) is 22.7 Å². The van der Waals surface area contributed by atoms with Gasteiger partial charge in [0.2, 0.25) is 0 Å². The number of hydrogen-bond donors (Lipinski definition) is 0. The second-order valence-corrected chi connectivity index (χ2v) is 21.2. The van der Waals surface area contributed by atoms with Gasteiger partial charge in [-0.25, -0.2) is 0 Å². The lowest BCUT2D eigenvalue weighted by atomic mass is 9.65. The molecule has 2 heterocycles. The van der Waals surface area contributed by atoms with Crippen LogP contribution in [0.4, 0.5) is 0 Å². The molecule has 12 aromatic rings. The van der Waals surface area contributed by atoms with Crippen LogP contribution in [0.25, 0.3) is 77.9 Å². The summed E-state index contributed by atoms with van der Waals surface area (Å²) in [6, 6.07) is 99.2. The fraction of sp³-hybridized carbons (Fsp3) is 0.0263. The van der Waals surface area contributed by atoms with Crippen molar-refractivity contribution in [3.8, 4) is 113 Å². The monoisotopic (exact) mass is 1020 g/mol. The molecule has 0 bridgehead atoms. The predicted octanol–water partition coefficient (Wildman–Crippen LogP) is 18.7. The van der Waals surface area contributed by atoms with Crippen LogP contribution in [0.1, 0.15) is 55.6 Å². The molecule has 0 amide bonds. The molecule has 2 aliphatic heterocycles. The molecule has 4 heteroatoms. The molecule has 80 heavy (non-hydrogen) atoms. The first-order valence-electron chi connectivity index (χ1n) is 27.1. The Morgan fingerprint density at radius 3 is 1.14 bits per heavy atom. The van der Waals surface area contributed by atoms with Gasteiger partial charge in [-0.05, 0) is 155 Å². The molecular weight excluding hydrogens is 973 g/mol. The largest absolute Gasteiger partial charge is 0.457 e. The lowest BCUT2D eigenvalue weighted by Gasteiger charge is -2.40. The van der Waals surface area contributed by atoms with Gasteiger partial charge in [0, 0.05) is 22.3 Å². The number of fused-ring (bicyclic) bond motifs is 18. The first-order chi connectivity index (χ1) is 39.5. The molecule has 0 unspecified atom stereocenters. The molecule has 0 saturated carbocycles. The van der Waals surface area contributed by atoms with Crippen molar-refractivity contribution >= 4 is 0 Å². The predicted molar refractivity (Wildman–Crippen MR) is 318 cm³/mol. The molecule has 0 saturated heterocycles. The average Bonchev–Trinajstić information content (AvgIpc) is 4.19. The van der Waals surface area contributed by atoms with E-state index >= 15 is 0 Å². The fourth-order valence-electron chi connectivity index (χ4n) is 13.9. The molecule has 4 aliphatic rings. The molecule has 0 atom stereocenters. The highest BCUT2D eigenvalue weighted by molar-refractivity contribution is 5.92. The number of nitriles is 2. The zero-order valence-corrected chi connectivity index (χ0v) is 43.1. The van der Waals surface area contributed by atoms with Crippen molar-refractivity contribution in [3.05, 3.63) is 323 Å². The highest BCUT2D eigenvalue weighted by Gasteiger charge is 2.52. The van der Waals surface area contributed by atoms with Gasteiger partial charge in [-0.3, -0.25) is 0 Å². The van der Waals surface area contributed by atoms with E-state index in [4.69, 9.17) is 9.47 Å². The summed E-state index contributed by atoms with van der Waals surface area (Å²) in [7, 11) is 0. The smallest absolute Gasteiger partial charge is 0.132 e. The van der Waals surface area contributed by atoms with Gasteiger partial charge in [-0.15, -0.1) is 0 Å². The van der Waals surface area contributed by atoms with Crippen molar-refractivity contribution in [1.82, 2.24) is 0 Å². The molecule has 0 aromatic heterocycles. The molecule has 0 radical (unpaired) electrons. The zero-order valence-electron chi connectivity index (χ0n) is 43.1. The Morgan fingerprint density at radius 1 is 0.225 bits per heavy atom. The third-order valence-electron chi connectivity index (χ3n) is 17.3. The van der Waals surface area contributed by atoms with E-state index in [1.54, 1.807) is 0 Å². The van der Waals surface area contributed by atoms with Crippen LogP contribution in [-0.4, -0.2) is 0 Å². The summed E-state index contributed by atoms with van der Waals surface area (Å²) < 4.78 is 13.9. The SMILES string of the molecule is N#Cc1ccccc1-c1cccc(-c2ccc3c(c2)Oc2ccc(-c4ccc(-c5cccc(-c6ccc7c(c6)Oc6ccccc6C76c7ccccc7-c7ccccc76)c5)cc4C#N)cc2C32c3ccccc3-c3ccccc32)c1. The maximum atomic E-state index is 11.0. The van der Waals surface area contributed by atoms with E-state index in [9.17, 15) is 10.5 Å². The number of benzene rings is 12. The molecule has 2 aliphatic carbocycles. The molecule has 370 valence electrons. The quantitative estimate of drug-likeness (QED) is 0.172. The van der Waals surface area contributed by atoms with Gasteiger partial charge < -0.3 is 9.47 Å². The van der Waals surface area contributed by atoms with E-state index in [2.05, 4.69) is 243 Å². The minimum Gasteiger partial charge on any atom is -0.457 e. The molecule has 0 fully saturated rings. The minimum atomic E-state index is -0.719. The first-order valence-corrected chi connectivity index (χ1v) is 27.1. The Labute approximate surface area is 464 Å². The third kappa shape index (κ3) is 6.36. The van der Waals surface area contributed by atoms with Gasteiger partial charge in [0.05, 0.1) is 34.1 Å². The average molecular weight is 1020 g/mol. The summed E-state index contributed by atoms with van der Waals surface area (Å²) in [5.74, 6) is 3.24. The fourth-order valence-corrected chi connectivity index (χ4v) is 13.9. The van der Waals surface area contributed by atoms with Gasteiger partial charge in [0.15, 0.2) is 0 Å². The minimum absolute atomic E-state index is 0.525. The standard InChI is InChI=1S/C76H44N2O2/c77-45-55-15-1-2-20-57(55)53-19-14-18-49(40-53)52-33-37-69-74(44-52)80-72-38-34-54(42-70(72)76(69)65-27-9-5-23-61(65)62-24-6-10-28-66(62)76)58-35-31-50(41-56(58)46-78)47-16-13-17-48(39-47)51-32-36-68-73(43-51)79-71-30-12-11-29-67(71)75(68)63-25-7-3-21-59(63)60-22-4-8-26-64(60)75/h1-44H. The number of para-hydroxylation sites is 1. The molecule has 16 rings (SSSR count). The summed E-state index contributed by atoms with van der Waals surface area (Å²) in [4.78, 5) is 0. The first kappa shape index (κ1) is 45.4. The summed E-state index contributed by atoms with van der Waals surface area (Å²) in [5, 5.41) is 21.0. The number of nitrogens with zero attached hydrogens (tertiary/aromatic N) is 2. The van der Waals surface area contributed by atoms with Crippen molar-refractivity contribution < 1.29 is 9.47 Å². The summed E-state index contributed by atoms with van der Waals surface area (Å²) in [5.41, 5.74) is 23.9. The van der Waals surface area contributed by atoms with Crippen LogP contribution in [0.15, 0.2) is 267 Å². The summed E-state index contributed by atoms with van der Waals surface area (Å²) >= 11 is 0. The third-order valence-corrected chi connectivity index (χ3v) is 17.3. The summed E-state index contributed by atoms with van der Waals surface area (Å²) in [6.07, 6.45) is 0. The Hall–Kier alpha value is -10.8. The van der Waals surface area contributed by atoms with Crippen LogP contribution in [0.2, 0.25) is 0 Å². The zero-order chi connectivity index (χ0) is 53.1. The number of rotatable bonds is 5. The maximum Gasteiger partial charge on any atom is 0.132 e. The van der Waals surface area contributed by atoms with Crippen molar-refractivity contribution in [2.45, 2.75) is 10.8 Å². The lowest BCUT2D eigenvalue weighted by Crippen LogP contribution is -2.32. The van der Waals surface area contributed by atoms with Crippen molar-refractivity contribution in [1.29, 1.82) is 10.5 Å². The highest BCUT2D eigenvalue weighted by atomic mass is 16.5. The van der Waals surface area contributed by atoms with Crippen LogP contribution in [-0.2, 0) is 10.8 Å². The van der Waals surface area contributed by atoms with E-state index in [1.807, 2.05) is 36.4 Å². The maximum absolute atomic E-state index is 11.0. The Morgan fingerprint density at radius 2 is 0.588 bits per heavy atom. The second-order valence-electron chi connectivity index (χ2n) is 21.2. The van der Waals surface area contributed by atoms with Crippen LogP contribution in [0.3, 0.4) is 0 Å². The topological polar surface area (TPSA) is 66.0 Å². The van der Waals surface area contributed by atoms with Crippen LogP contribution < -0.4 is 9.47 Å². The van der Waals surface area contributed by atoms with E-state index in [1.165, 1.54) is 44.5 Å². The van der Waals surface area contributed by atoms with Gasteiger partial charge in [-0.1, -0.05) is 212 Å². The van der Waals surface area contributed by atoms with Gasteiger partial charge in [0.1, 0.15) is 23.0 Å². The molecule has 2 spiro atoms. The normalized spacial score (nSPS) is 13.6. The Bertz CT molecular complexity index is 4630. The van der Waals surface area contributed by atoms with Crippen LogP contribution >= 0.6 is 0 Å².